The molecule has 2 heteroatoms. The predicted octanol–water partition coefficient (Wildman–Crippen LogP) is 1.26. The second kappa shape index (κ2) is 4.76. The Hall–Kier alpha value is -0.240. The Morgan fingerprint density at radius 2 is 2.33 bits per heavy atom. The smallest absolute Gasteiger partial charge is 0.176 e. The van der Waals surface area contributed by atoms with Crippen molar-refractivity contribution in [2.45, 2.75) is 0 Å². The number of hydrogen-bond acceptors (Lipinski definition) is 2. The maximum absolute atomic E-state index is 9.45. The van der Waals surface area contributed by atoms with Gasteiger partial charge in [-0.3, -0.25) is 4.79 Å². The zero-order chi connectivity index (χ0) is 4.83. The highest BCUT2D eigenvalue weighted by Crippen LogP contribution is 1.96. The topological polar surface area (TPSA) is 17.1 Å². The van der Waals surface area contributed by atoms with Crippen LogP contribution in [0.3, 0.4) is 0 Å². The molecule has 1 radical (unpaired) electrons. The van der Waals surface area contributed by atoms with E-state index in [0.717, 1.165) is 17.4 Å². The molecule has 0 saturated carbocycles. The molecule has 0 aromatic heterocycles. The van der Waals surface area contributed by atoms with Crippen LogP contribution in [-0.4, -0.2) is 5.62 Å². The van der Waals surface area contributed by atoms with Gasteiger partial charge in [-0.15, -0.1) is 6.58 Å². The largest absolute Gasteiger partial charge is 0.291 e. The van der Waals surface area contributed by atoms with Crippen molar-refractivity contribution in [1.82, 2.24) is 0 Å². The minimum Gasteiger partial charge on any atom is -0.291 e. The van der Waals surface area contributed by atoms with Crippen LogP contribution in [0, 0.1) is 5.75 Å². The minimum atomic E-state index is 0.752. The quantitative estimate of drug-likeness (QED) is 0.393. The molecular formula is C4H5OS. The van der Waals surface area contributed by atoms with Gasteiger partial charge in [-0.25, -0.2) is 0 Å². The fourth-order valence-electron chi connectivity index (χ4n) is 0.0876. The first-order chi connectivity index (χ1) is 2.91. The Labute approximate surface area is 41.4 Å². The molecule has 0 fully saturated rings. The first-order valence-corrected chi connectivity index (χ1v) is 2.39. The number of rotatable bonds is 3. The van der Waals surface area contributed by atoms with Gasteiger partial charge in [-0.1, -0.05) is 17.8 Å². The third-order valence-electron chi connectivity index (χ3n) is 0.230. The van der Waals surface area contributed by atoms with E-state index in [0.29, 0.717) is 0 Å². The average molecular weight is 101 g/mol. The van der Waals surface area contributed by atoms with Gasteiger partial charge in [0.05, 0.1) is 0 Å². The first kappa shape index (κ1) is 5.76. The summed E-state index contributed by atoms with van der Waals surface area (Å²) in [6.45, 7) is 3.36. The van der Waals surface area contributed by atoms with Gasteiger partial charge in [0.1, 0.15) is 0 Å². The standard InChI is InChI=1S/C4H5OS/c1-2-3-6-4-5/h2-4H,1H2. The molecule has 0 saturated heterocycles. The van der Waals surface area contributed by atoms with Crippen molar-refractivity contribution in [2.24, 2.45) is 0 Å². The summed E-state index contributed by atoms with van der Waals surface area (Å²) in [5.74, 6) is 1.62. The van der Waals surface area contributed by atoms with Crippen LogP contribution in [0.4, 0.5) is 0 Å². The molecule has 0 amide bonds. The van der Waals surface area contributed by atoms with Gasteiger partial charge in [-0.05, 0) is 0 Å². The molecule has 0 aliphatic heterocycles. The van der Waals surface area contributed by atoms with Crippen molar-refractivity contribution in [2.75, 3.05) is 0 Å². The highest BCUT2D eigenvalue weighted by molar-refractivity contribution is 8.13. The van der Waals surface area contributed by atoms with Gasteiger partial charge in [0.15, 0.2) is 5.62 Å². The molecule has 0 N–H and O–H groups in total. The molecule has 0 aromatic rings. The second-order valence-corrected chi connectivity index (χ2v) is 1.34. The van der Waals surface area contributed by atoms with Crippen molar-refractivity contribution in [3.63, 3.8) is 0 Å². The monoisotopic (exact) mass is 101 g/mol. The Morgan fingerprint density at radius 3 is 2.50 bits per heavy atom. The number of hydrogen-bond donors (Lipinski definition) is 0. The molecule has 33 valence electrons. The third-order valence-corrected chi connectivity index (χ3v) is 0.691. The van der Waals surface area contributed by atoms with Crippen LogP contribution in [0.2, 0.25) is 0 Å². The summed E-state index contributed by atoms with van der Waals surface area (Å²) in [7, 11) is 0. The van der Waals surface area contributed by atoms with Crippen molar-refractivity contribution in [1.29, 1.82) is 0 Å². The average Bonchev–Trinajstić information content (AvgIpc) is 1.61. The van der Waals surface area contributed by atoms with Crippen LogP contribution in [0.5, 0.6) is 0 Å². The van der Waals surface area contributed by atoms with E-state index in [1.165, 1.54) is 0 Å². The predicted molar refractivity (Wildman–Crippen MR) is 28.8 cm³/mol. The van der Waals surface area contributed by atoms with Gasteiger partial charge in [-0.2, -0.15) is 0 Å². The lowest BCUT2D eigenvalue weighted by atomic mass is 10.8. The van der Waals surface area contributed by atoms with Crippen LogP contribution < -0.4 is 0 Å². The van der Waals surface area contributed by atoms with Crippen LogP contribution in [0.25, 0.3) is 0 Å². The molecule has 0 aliphatic carbocycles. The summed E-state index contributed by atoms with van der Waals surface area (Å²) in [6, 6.07) is 0. The Morgan fingerprint density at radius 1 is 1.67 bits per heavy atom. The SMILES string of the molecule is C=C[CH]SC=O. The van der Waals surface area contributed by atoms with Crippen molar-refractivity contribution < 1.29 is 4.79 Å². The fourth-order valence-corrected chi connectivity index (χ4v) is 0.263. The van der Waals surface area contributed by atoms with Gasteiger partial charge < -0.3 is 0 Å². The summed E-state index contributed by atoms with van der Waals surface area (Å²) in [4.78, 5) is 9.45. The van der Waals surface area contributed by atoms with E-state index in [9.17, 15) is 4.79 Å². The van der Waals surface area contributed by atoms with E-state index < -0.39 is 0 Å². The van der Waals surface area contributed by atoms with E-state index in [4.69, 9.17) is 0 Å². The lowest BCUT2D eigenvalue weighted by molar-refractivity contribution is 0.570. The van der Waals surface area contributed by atoms with Gasteiger partial charge in [0, 0.05) is 5.75 Å². The lowest BCUT2D eigenvalue weighted by Gasteiger charge is -1.72. The minimum absolute atomic E-state index is 0.752. The molecule has 0 rings (SSSR count). The lowest BCUT2D eigenvalue weighted by Crippen LogP contribution is -1.54. The Balaban J connectivity index is 2.66. The third kappa shape index (κ3) is 3.76. The normalized spacial score (nSPS) is 7.33. The molecule has 0 unspecified atom stereocenters. The molecule has 0 heterocycles. The Bertz CT molecular complexity index is 43.5. The van der Waals surface area contributed by atoms with E-state index >= 15 is 0 Å². The van der Waals surface area contributed by atoms with E-state index in [1.54, 1.807) is 11.8 Å². The maximum Gasteiger partial charge on any atom is 0.176 e. The zero-order valence-electron chi connectivity index (χ0n) is 3.26. The highest BCUT2D eigenvalue weighted by Gasteiger charge is 1.71. The van der Waals surface area contributed by atoms with Crippen molar-refractivity contribution >= 4 is 17.4 Å². The number of thioether (sulfide) groups is 1. The molecule has 0 bridgehead atoms. The van der Waals surface area contributed by atoms with Crippen LogP contribution in [0.1, 0.15) is 0 Å². The summed E-state index contributed by atoms with van der Waals surface area (Å²) in [6.07, 6.45) is 1.57. The van der Waals surface area contributed by atoms with Crippen molar-refractivity contribution in [3.8, 4) is 0 Å². The van der Waals surface area contributed by atoms with E-state index in [2.05, 4.69) is 6.58 Å². The summed E-state index contributed by atoms with van der Waals surface area (Å²) in [5, 5.41) is 0. The van der Waals surface area contributed by atoms with Crippen LogP contribution >= 0.6 is 11.8 Å². The highest BCUT2D eigenvalue weighted by atomic mass is 32.2. The van der Waals surface area contributed by atoms with E-state index in [1.807, 2.05) is 0 Å². The number of carbonyl (C=O) groups is 1. The molecule has 6 heavy (non-hydrogen) atoms. The first-order valence-electron chi connectivity index (χ1n) is 1.45. The molecule has 0 aliphatic rings. The van der Waals surface area contributed by atoms with Crippen molar-refractivity contribution in [3.05, 3.63) is 18.4 Å². The van der Waals surface area contributed by atoms with E-state index in [-0.39, 0.29) is 0 Å². The van der Waals surface area contributed by atoms with Gasteiger partial charge >= 0.3 is 0 Å². The van der Waals surface area contributed by atoms with Crippen LogP contribution in [-0.2, 0) is 4.79 Å². The van der Waals surface area contributed by atoms with Gasteiger partial charge in [0.25, 0.3) is 0 Å². The molecule has 1 nitrogen and oxygen atoms in total. The summed E-state index contributed by atoms with van der Waals surface area (Å²) < 4.78 is 0. The van der Waals surface area contributed by atoms with Crippen LogP contribution in [0.15, 0.2) is 12.7 Å². The zero-order valence-corrected chi connectivity index (χ0v) is 4.07. The molecule has 0 spiro atoms. The fraction of sp³-hybridized carbons (Fsp3) is 0. The Kier molecular flexibility index (Phi) is 4.57. The summed E-state index contributed by atoms with van der Waals surface area (Å²) in [5.41, 5.74) is 0.752. The molecular weight excluding hydrogens is 96.1 g/mol. The summed E-state index contributed by atoms with van der Waals surface area (Å²) >= 11 is 1.08. The maximum atomic E-state index is 9.45. The molecule has 0 atom stereocenters. The number of carbonyl (C=O) groups excluding carboxylic acids is 1. The van der Waals surface area contributed by atoms with Gasteiger partial charge in [0.2, 0.25) is 0 Å². The molecule has 0 aromatic carbocycles. The second-order valence-electron chi connectivity index (χ2n) is 0.604.